The molecule has 0 radical (unpaired) electrons. The van der Waals surface area contributed by atoms with Crippen LogP contribution in [0, 0.1) is 0 Å². The molecule has 1 spiro atoms. The first-order chi connectivity index (χ1) is 6.78. The van der Waals surface area contributed by atoms with E-state index < -0.39 is 0 Å². The van der Waals surface area contributed by atoms with Crippen molar-refractivity contribution in [3.05, 3.63) is 0 Å². The van der Waals surface area contributed by atoms with Gasteiger partial charge in [0.1, 0.15) is 0 Å². The van der Waals surface area contributed by atoms with Crippen LogP contribution in [-0.2, 0) is 9.47 Å². The first-order valence-electron chi connectivity index (χ1n) is 5.52. The third-order valence-electron chi connectivity index (χ3n) is 2.99. The lowest BCUT2D eigenvalue weighted by Gasteiger charge is -2.23. The predicted octanol–water partition coefficient (Wildman–Crippen LogP) is 0.173. The molecular formula is C10H20N2O2. The van der Waals surface area contributed by atoms with Gasteiger partial charge in [0.25, 0.3) is 0 Å². The number of hydrogen-bond donors (Lipinski definition) is 1. The van der Waals surface area contributed by atoms with E-state index in [0.717, 1.165) is 26.1 Å². The molecule has 2 atom stereocenters. The average molecular weight is 200 g/mol. The zero-order chi connectivity index (χ0) is 10.0. The molecule has 0 aromatic carbocycles. The average Bonchev–Trinajstić information content (AvgIpc) is 2.76. The summed E-state index contributed by atoms with van der Waals surface area (Å²) in [6, 6.07) is 0. The van der Waals surface area contributed by atoms with Gasteiger partial charge in [-0.1, -0.05) is 6.92 Å². The highest BCUT2D eigenvalue weighted by atomic mass is 16.7. The van der Waals surface area contributed by atoms with Crippen molar-refractivity contribution >= 4 is 0 Å². The van der Waals surface area contributed by atoms with Crippen LogP contribution in [0.4, 0.5) is 0 Å². The second-order valence-corrected chi connectivity index (χ2v) is 4.22. The Balaban J connectivity index is 1.87. The van der Waals surface area contributed by atoms with Crippen molar-refractivity contribution in [2.75, 3.05) is 32.8 Å². The number of nitrogens with two attached hydrogens (primary N) is 1. The smallest absolute Gasteiger partial charge is 0.182 e. The second-order valence-electron chi connectivity index (χ2n) is 4.22. The topological polar surface area (TPSA) is 47.7 Å². The Morgan fingerprint density at radius 3 is 3.07 bits per heavy atom. The van der Waals surface area contributed by atoms with Crippen molar-refractivity contribution < 1.29 is 9.47 Å². The summed E-state index contributed by atoms with van der Waals surface area (Å²) < 4.78 is 11.6. The van der Waals surface area contributed by atoms with Gasteiger partial charge in [0.05, 0.1) is 19.3 Å². The third kappa shape index (κ3) is 1.93. The fourth-order valence-electron chi connectivity index (χ4n) is 2.28. The Kier molecular flexibility index (Phi) is 3.07. The minimum absolute atomic E-state index is 0.108. The molecule has 4 nitrogen and oxygen atoms in total. The molecule has 2 heterocycles. The van der Waals surface area contributed by atoms with E-state index in [1.165, 1.54) is 6.42 Å². The van der Waals surface area contributed by atoms with Gasteiger partial charge in [-0.25, -0.2) is 0 Å². The van der Waals surface area contributed by atoms with E-state index in [9.17, 15) is 0 Å². The van der Waals surface area contributed by atoms with Gasteiger partial charge >= 0.3 is 0 Å². The highest BCUT2D eigenvalue weighted by Gasteiger charge is 2.45. The van der Waals surface area contributed by atoms with Gasteiger partial charge in [-0.05, 0) is 13.0 Å². The number of likely N-dealkylation sites (tertiary alicyclic amines) is 1. The molecule has 0 aliphatic carbocycles. The molecule has 2 N–H and O–H groups in total. The largest absolute Gasteiger partial charge is 0.346 e. The van der Waals surface area contributed by atoms with Gasteiger partial charge in [-0.3, -0.25) is 4.90 Å². The minimum atomic E-state index is -0.320. The molecular weight excluding hydrogens is 180 g/mol. The summed E-state index contributed by atoms with van der Waals surface area (Å²) in [7, 11) is 0. The first-order valence-corrected chi connectivity index (χ1v) is 5.52. The Hall–Kier alpha value is -0.160. The van der Waals surface area contributed by atoms with Crippen LogP contribution in [0.5, 0.6) is 0 Å². The van der Waals surface area contributed by atoms with Crippen LogP contribution in [-0.4, -0.2) is 49.6 Å². The molecule has 14 heavy (non-hydrogen) atoms. The molecule has 0 bridgehead atoms. The molecule has 2 rings (SSSR count). The maximum Gasteiger partial charge on any atom is 0.182 e. The lowest BCUT2D eigenvalue weighted by Crippen LogP contribution is -2.36. The van der Waals surface area contributed by atoms with Crippen LogP contribution < -0.4 is 5.73 Å². The van der Waals surface area contributed by atoms with Crippen LogP contribution in [0.15, 0.2) is 0 Å². The Morgan fingerprint density at radius 1 is 1.57 bits per heavy atom. The number of nitrogens with zero attached hydrogens (tertiary/aromatic N) is 1. The fraction of sp³-hybridized carbons (Fsp3) is 1.00. The molecule has 0 aromatic rings. The van der Waals surface area contributed by atoms with Crippen molar-refractivity contribution in [2.24, 2.45) is 5.73 Å². The van der Waals surface area contributed by atoms with Gasteiger partial charge in [0, 0.05) is 19.5 Å². The quantitative estimate of drug-likeness (QED) is 0.705. The van der Waals surface area contributed by atoms with E-state index in [4.69, 9.17) is 15.2 Å². The molecule has 82 valence electrons. The molecule has 2 fully saturated rings. The summed E-state index contributed by atoms with van der Waals surface area (Å²) in [4.78, 5) is 2.40. The highest BCUT2D eigenvalue weighted by Crippen LogP contribution is 2.32. The Morgan fingerprint density at radius 2 is 2.43 bits per heavy atom. The maximum absolute atomic E-state index is 5.85. The van der Waals surface area contributed by atoms with E-state index >= 15 is 0 Å². The predicted molar refractivity (Wildman–Crippen MR) is 54.0 cm³/mol. The van der Waals surface area contributed by atoms with Crippen molar-refractivity contribution in [3.8, 4) is 0 Å². The molecule has 4 heteroatoms. The van der Waals surface area contributed by atoms with E-state index in [2.05, 4.69) is 11.8 Å². The number of ether oxygens (including phenoxy) is 2. The summed E-state index contributed by atoms with van der Waals surface area (Å²) in [6.07, 6.45) is 2.29. The van der Waals surface area contributed by atoms with Gasteiger partial charge in [0.15, 0.2) is 5.79 Å². The molecule has 2 saturated heterocycles. The van der Waals surface area contributed by atoms with Crippen LogP contribution in [0.25, 0.3) is 0 Å². The first kappa shape index (κ1) is 10.4. The Labute approximate surface area is 85.3 Å². The third-order valence-corrected chi connectivity index (χ3v) is 2.99. The number of rotatable bonds is 3. The Bertz CT molecular complexity index is 201. The minimum Gasteiger partial charge on any atom is -0.346 e. The maximum atomic E-state index is 5.85. The second kappa shape index (κ2) is 4.14. The zero-order valence-electron chi connectivity index (χ0n) is 8.87. The summed E-state index contributed by atoms with van der Waals surface area (Å²) in [5.74, 6) is -0.320. The lowest BCUT2D eigenvalue weighted by molar-refractivity contribution is -0.155. The van der Waals surface area contributed by atoms with E-state index in [0.29, 0.717) is 13.2 Å². The monoisotopic (exact) mass is 200 g/mol. The summed E-state index contributed by atoms with van der Waals surface area (Å²) in [6.45, 7) is 6.57. The van der Waals surface area contributed by atoms with Gasteiger partial charge in [-0.15, -0.1) is 0 Å². The SMILES string of the molecule is CCCN1CCC2(C1)OCC(CN)O2. The molecule has 0 saturated carbocycles. The van der Waals surface area contributed by atoms with Crippen LogP contribution in [0.1, 0.15) is 19.8 Å². The summed E-state index contributed by atoms with van der Waals surface area (Å²) in [5, 5.41) is 0. The molecule has 2 aliphatic heterocycles. The van der Waals surface area contributed by atoms with E-state index in [1.54, 1.807) is 0 Å². The molecule has 2 unspecified atom stereocenters. The molecule has 2 aliphatic rings. The van der Waals surface area contributed by atoms with Crippen molar-refractivity contribution in [1.29, 1.82) is 0 Å². The summed E-state index contributed by atoms with van der Waals surface area (Å²) in [5.41, 5.74) is 5.56. The van der Waals surface area contributed by atoms with Crippen LogP contribution in [0.3, 0.4) is 0 Å². The molecule has 0 amide bonds. The van der Waals surface area contributed by atoms with Gasteiger partial charge < -0.3 is 15.2 Å². The van der Waals surface area contributed by atoms with Gasteiger partial charge in [0.2, 0.25) is 0 Å². The van der Waals surface area contributed by atoms with Crippen molar-refractivity contribution in [2.45, 2.75) is 31.7 Å². The van der Waals surface area contributed by atoms with Crippen LogP contribution >= 0.6 is 0 Å². The fourth-order valence-corrected chi connectivity index (χ4v) is 2.28. The highest BCUT2D eigenvalue weighted by molar-refractivity contribution is 4.89. The standard InChI is InChI=1S/C10H20N2O2/c1-2-4-12-5-3-10(8-12)13-7-9(6-11)14-10/h9H,2-8,11H2,1H3. The van der Waals surface area contributed by atoms with Crippen molar-refractivity contribution in [3.63, 3.8) is 0 Å². The number of hydrogen-bond acceptors (Lipinski definition) is 4. The van der Waals surface area contributed by atoms with Crippen LogP contribution in [0.2, 0.25) is 0 Å². The molecule has 0 aromatic heterocycles. The van der Waals surface area contributed by atoms with Crippen molar-refractivity contribution in [1.82, 2.24) is 4.90 Å². The zero-order valence-corrected chi connectivity index (χ0v) is 8.87. The summed E-state index contributed by atoms with van der Waals surface area (Å²) >= 11 is 0. The van der Waals surface area contributed by atoms with Gasteiger partial charge in [-0.2, -0.15) is 0 Å². The lowest BCUT2D eigenvalue weighted by atomic mass is 10.2. The normalized spacial score (nSPS) is 38.6. The van der Waals surface area contributed by atoms with E-state index in [-0.39, 0.29) is 11.9 Å². The van der Waals surface area contributed by atoms with E-state index in [1.807, 2.05) is 0 Å².